The van der Waals surface area contributed by atoms with Gasteiger partial charge < -0.3 is 15.4 Å². The highest BCUT2D eigenvalue weighted by atomic mass is 16.5. The van der Waals surface area contributed by atoms with Crippen molar-refractivity contribution in [3.8, 4) is 0 Å². The molecule has 0 aliphatic heterocycles. The molecule has 0 bridgehead atoms. The summed E-state index contributed by atoms with van der Waals surface area (Å²) in [6.45, 7) is 1.23. The molecule has 0 aromatic carbocycles. The number of carbonyl (C=O) groups is 1. The second-order valence-corrected chi connectivity index (χ2v) is 3.08. The average molecular weight is 209 g/mol. The van der Waals surface area contributed by atoms with Crippen molar-refractivity contribution in [3.63, 3.8) is 0 Å². The molecule has 15 heavy (non-hydrogen) atoms. The van der Waals surface area contributed by atoms with Gasteiger partial charge in [0.1, 0.15) is 5.82 Å². The first-order valence-electron chi connectivity index (χ1n) is 4.65. The Hall–Kier alpha value is -1.62. The molecule has 1 aromatic heterocycles. The van der Waals surface area contributed by atoms with E-state index >= 15 is 0 Å². The van der Waals surface area contributed by atoms with Gasteiger partial charge in [-0.3, -0.25) is 0 Å². The Morgan fingerprint density at radius 3 is 2.93 bits per heavy atom. The summed E-state index contributed by atoms with van der Waals surface area (Å²) in [6.07, 6.45) is 0. The lowest BCUT2D eigenvalue weighted by molar-refractivity contribution is 0.0594. The first-order chi connectivity index (χ1) is 7.19. The van der Waals surface area contributed by atoms with Gasteiger partial charge in [0.2, 0.25) is 0 Å². The van der Waals surface area contributed by atoms with Gasteiger partial charge in [0, 0.05) is 20.1 Å². The number of nitrogens with zero attached hydrogens (tertiary/aromatic N) is 2. The van der Waals surface area contributed by atoms with Crippen molar-refractivity contribution < 1.29 is 9.53 Å². The molecule has 1 heterocycles. The van der Waals surface area contributed by atoms with Gasteiger partial charge in [0.25, 0.3) is 0 Å². The van der Waals surface area contributed by atoms with Crippen molar-refractivity contribution in [1.29, 1.82) is 0 Å². The molecule has 5 nitrogen and oxygen atoms in total. The van der Waals surface area contributed by atoms with Crippen LogP contribution in [0.1, 0.15) is 10.5 Å². The largest absolute Gasteiger partial charge is 0.464 e. The summed E-state index contributed by atoms with van der Waals surface area (Å²) in [5.74, 6) is 0.279. The Kier molecular flexibility index (Phi) is 4.05. The van der Waals surface area contributed by atoms with Gasteiger partial charge in [0.15, 0.2) is 5.69 Å². The van der Waals surface area contributed by atoms with Gasteiger partial charge in [-0.25, -0.2) is 9.78 Å². The molecule has 0 atom stereocenters. The lowest BCUT2D eigenvalue weighted by atomic mass is 10.3. The molecule has 0 fully saturated rings. The van der Waals surface area contributed by atoms with Crippen LogP contribution in [0, 0.1) is 0 Å². The van der Waals surface area contributed by atoms with Crippen LogP contribution in [0.3, 0.4) is 0 Å². The maximum Gasteiger partial charge on any atom is 0.356 e. The number of methoxy groups -OCH3 is 1. The van der Waals surface area contributed by atoms with E-state index in [0.29, 0.717) is 24.6 Å². The van der Waals surface area contributed by atoms with Gasteiger partial charge >= 0.3 is 5.97 Å². The molecule has 2 N–H and O–H groups in total. The van der Waals surface area contributed by atoms with Gasteiger partial charge in [-0.05, 0) is 12.1 Å². The van der Waals surface area contributed by atoms with Gasteiger partial charge in [-0.1, -0.05) is 6.07 Å². The third-order valence-electron chi connectivity index (χ3n) is 1.98. The maximum atomic E-state index is 11.2. The zero-order valence-electron chi connectivity index (χ0n) is 8.93. The van der Waals surface area contributed by atoms with Crippen LogP contribution in [0.25, 0.3) is 0 Å². The number of hydrogen-bond donors (Lipinski definition) is 1. The van der Waals surface area contributed by atoms with E-state index in [1.807, 2.05) is 18.0 Å². The molecule has 5 heteroatoms. The molecule has 82 valence electrons. The monoisotopic (exact) mass is 209 g/mol. The fourth-order valence-corrected chi connectivity index (χ4v) is 1.16. The summed E-state index contributed by atoms with van der Waals surface area (Å²) in [5.41, 5.74) is 5.73. The predicted octanol–water partition coefficient (Wildman–Crippen LogP) is 0.263. The first kappa shape index (κ1) is 11.5. The molecular weight excluding hydrogens is 194 g/mol. The predicted molar refractivity (Wildman–Crippen MR) is 57.9 cm³/mol. The van der Waals surface area contributed by atoms with E-state index in [9.17, 15) is 4.79 Å². The van der Waals surface area contributed by atoms with E-state index in [4.69, 9.17) is 5.73 Å². The smallest absolute Gasteiger partial charge is 0.356 e. The van der Waals surface area contributed by atoms with Crippen LogP contribution in [0.2, 0.25) is 0 Å². The van der Waals surface area contributed by atoms with Crippen LogP contribution in [0.5, 0.6) is 0 Å². The van der Waals surface area contributed by atoms with Crippen LogP contribution in [-0.2, 0) is 4.74 Å². The van der Waals surface area contributed by atoms with Crippen LogP contribution >= 0.6 is 0 Å². The molecule has 0 radical (unpaired) electrons. The van der Waals surface area contributed by atoms with E-state index < -0.39 is 5.97 Å². The number of esters is 1. The Morgan fingerprint density at radius 2 is 2.33 bits per heavy atom. The van der Waals surface area contributed by atoms with Crippen molar-refractivity contribution in [3.05, 3.63) is 23.9 Å². The molecule has 1 rings (SSSR count). The summed E-state index contributed by atoms with van der Waals surface area (Å²) in [4.78, 5) is 17.3. The highest BCUT2D eigenvalue weighted by Gasteiger charge is 2.09. The number of rotatable bonds is 4. The number of hydrogen-bond acceptors (Lipinski definition) is 5. The van der Waals surface area contributed by atoms with Crippen molar-refractivity contribution in [1.82, 2.24) is 4.98 Å². The molecule has 1 aromatic rings. The molecule has 0 spiro atoms. The van der Waals surface area contributed by atoms with Crippen LogP contribution in [0.15, 0.2) is 18.2 Å². The van der Waals surface area contributed by atoms with Gasteiger partial charge in [-0.15, -0.1) is 0 Å². The van der Waals surface area contributed by atoms with E-state index in [2.05, 4.69) is 9.72 Å². The zero-order valence-corrected chi connectivity index (χ0v) is 8.93. The highest BCUT2D eigenvalue weighted by Crippen LogP contribution is 2.09. The molecule has 0 aliphatic carbocycles. The van der Waals surface area contributed by atoms with E-state index in [1.54, 1.807) is 12.1 Å². The number of carbonyl (C=O) groups excluding carboxylic acids is 1. The lowest BCUT2D eigenvalue weighted by Gasteiger charge is -2.17. The number of pyridine rings is 1. The van der Waals surface area contributed by atoms with Crippen LogP contribution in [0.4, 0.5) is 5.82 Å². The molecule has 0 amide bonds. The van der Waals surface area contributed by atoms with E-state index in [0.717, 1.165) is 0 Å². The summed E-state index contributed by atoms with van der Waals surface area (Å²) < 4.78 is 4.59. The minimum absolute atomic E-state index is 0.305. The number of aromatic nitrogens is 1. The Bertz CT molecular complexity index is 341. The third-order valence-corrected chi connectivity index (χ3v) is 1.98. The van der Waals surface area contributed by atoms with Crippen molar-refractivity contribution in [2.45, 2.75) is 0 Å². The minimum atomic E-state index is -0.432. The maximum absolute atomic E-state index is 11.2. The van der Waals surface area contributed by atoms with Crippen LogP contribution in [-0.4, -0.2) is 38.2 Å². The van der Waals surface area contributed by atoms with E-state index in [-0.39, 0.29) is 0 Å². The number of likely N-dealkylation sites (N-methyl/N-ethyl adjacent to an activating group) is 1. The van der Waals surface area contributed by atoms with Crippen LogP contribution < -0.4 is 10.6 Å². The number of anilines is 1. The molecule has 0 aliphatic rings. The normalized spacial score (nSPS) is 9.80. The second-order valence-electron chi connectivity index (χ2n) is 3.08. The summed E-state index contributed by atoms with van der Waals surface area (Å²) in [5, 5.41) is 0. The first-order valence-corrected chi connectivity index (χ1v) is 4.65. The summed E-state index contributed by atoms with van der Waals surface area (Å²) in [6, 6.07) is 5.20. The van der Waals surface area contributed by atoms with Gasteiger partial charge in [0.05, 0.1) is 7.11 Å². The second kappa shape index (κ2) is 5.31. The number of nitrogens with two attached hydrogens (primary N) is 1. The summed E-state index contributed by atoms with van der Waals surface area (Å²) in [7, 11) is 3.20. The van der Waals surface area contributed by atoms with Crippen molar-refractivity contribution in [2.75, 3.05) is 32.1 Å². The summed E-state index contributed by atoms with van der Waals surface area (Å²) >= 11 is 0. The molecule has 0 saturated heterocycles. The SMILES string of the molecule is COC(=O)c1cccc(N(C)CCN)n1. The number of ether oxygens (including phenoxy) is 1. The van der Waals surface area contributed by atoms with Crippen molar-refractivity contribution in [2.24, 2.45) is 5.73 Å². The topological polar surface area (TPSA) is 68.5 Å². The van der Waals surface area contributed by atoms with Gasteiger partial charge in [-0.2, -0.15) is 0 Å². The Balaban J connectivity index is 2.87. The average Bonchev–Trinajstić information content (AvgIpc) is 2.28. The standard InChI is InChI=1S/C10H15N3O2/c1-13(7-6-11)9-5-3-4-8(12-9)10(14)15-2/h3-5H,6-7,11H2,1-2H3. The minimum Gasteiger partial charge on any atom is -0.464 e. The molecule has 0 saturated carbocycles. The van der Waals surface area contributed by atoms with Crippen molar-refractivity contribution >= 4 is 11.8 Å². The Morgan fingerprint density at radius 1 is 1.60 bits per heavy atom. The molecule has 0 unspecified atom stereocenters. The zero-order chi connectivity index (χ0) is 11.3. The fourth-order valence-electron chi connectivity index (χ4n) is 1.16. The molecular formula is C10H15N3O2. The van der Waals surface area contributed by atoms with E-state index in [1.165, 1.54) is 7.11 Å². The third kappa shape index (κ3) is 2.92. The fraction of sp³-hybridized carbons (Fsp3) is 0.400. The quantitative estimate of drug-likeness (QED) is 0.720. The Labute approximate surface area is 88.9 Å². The lowest BCUT2D eigenvalue weighted by Crippen LogP contribution is -2.26. The highest BCUT2D eigenvalue weighted by molar-refractivity contribution is 5.87.